The molecule has 0 fully saturated rings. The highest BCUT2D eigenvalue weighted by Gasteiger charge is 2.31. The van der Waals surface area contributed by atoms with Crippen molar-refractivity contribution in [2.24, 2.45) is 0 Å². The van der Waals surface area contributed by atoms with Gasteiger partial charge in [0.2, 0.25) is 0 Å². The van der Waals surface area contributed by atoms with E-state index in [-0.39, 0.29) is 6.61 Å². The fraction of sp³-hybridized carbons (Fsp3) is 0.278. The summed E-state index contributed by atoms with van der Waals surface area (Å²) in [5, 5.41) is 0.740. The van der Waals surface area contributed by atoms with Crippen LogP contribution in [0, 0.1) is 13.8 Å². The van der Waals surface area contributed by atoms with Crippen molar-refractivity contribution in [3.05, 3.63) is 63.7 Å². The van der Waals surface area contributed by atoms with E-state index in [0.717, 1.165) is 28.3 Å². The molecule has 126 valence electrons. The van der Waals surface area contributed by atoms with Crippen molar-refractivity contribution in [1.29, 1.82) is 0 Å². The average molecular weight is 351 g/mol. The molecule has 0 N–H and O–H groups in total. The molecule has 0 bridgehead atoms. The fourth-order valence-corrected chi connectivity index (χ4v) is 3.36. The molecule has 2 aromatic carbocycles. The molecule has 0 unspecified atom stereocenters. The molecule has 0 saturated heterocycles. The van der Waals surface area contributed by atoms with Gasteiger partial charge in [0, 0.05) is 5.56 Å². The molecule has 0 spiro atoms. The number of aryl methyl sites for hydroxylation is 2. The van der Waals surface area contributed by atoms with Crippen LogP contribution in [0.25, 0.3) is 10.2 Å². The second-order valence-electron chi connectivity index (χ2n) is 5.69. The lowest BCUT2D eigenvalue weighted by atomic mass is 10.1. The van der Waals surface area contributed by atoms with Gasteiger partial charge in [-0.05, 0) is 31.5 Å². The minimum Gasteiger partial charge on any atom is -0.372 e. The smallest absolute Gasteiger partial charge is 0.372 e. The first-order chi connectivity index (χ1) is 11.3. The predicted molar refractivity (Wildman–Crippen MR) is 89.0 cm³/mol. The number of thiazole rings is 1. The van der Waals surface area contributed by atoms with Gasteiger partial charge in [-0.1, -0.05) is 29.8 Å². The van der Waals surface area contributed by atoms with Crippen LogP contribution in [0.2, 0.25) is 0 Å². The zero-order chi connectivity index (χ0) is 17.3. The number of rotatable bonds is 4. The molecule has 0 aliphatic heterocycles. The van der Waals surface area contributed by atoms with Gasteiger partial charge in [0.25, 0.3) is 0 Å². The van der Waals surface area contributed by atoms with Crippen LogP contribution >= 0.6 is 11.3 Å². The highest BCUT2D eigenvalue weighted by Crippen LogP contribution is 2.35. The van der Waals surface area contributed by atoms with Crippen LogP contribution in [-0.2, 0) is 24.1 Å². The minimum absolute atomic E-state index is 0.0947. The van der Waals surface area contributed by atoms with Gasteiger partial charge < -0.3 is 4.74 Å². The van der Waals surface area contributed by atoms with E-state index in [0.29, 0.717) is 22.4 Å². The van der Waals surface area contributed by atoms with Crippen molar-refractivity contribution in [2.45, 2.75) is 33.2 Å². The van der Waals surface area contributed by atoms with E-state index in [2.05, 4.69) is 4.98 Å². The van der Waals surface area contributed by atoms with Gasteiger partial charge in [0.15, 0.2) is 0 Å². The Bertz CT molecular complexity index is 853. The van der Waals surface area contributed by atoms with Crippen LogP contribution in [-0.4, -0.2) is 4.98 Å². The largest absolute Gasteiger partial charge is 0.416 e. The van der Waals surface area contributed by atoms with Crippen LogP contribution in [0.15, 0.2) is 36.4 Å². The first-order valence-corrected chi connectivity index (χ1v) is 8.25. The lowest BCUT2D eigenvalue weighted by molar-refractivity contribution is -0.137. The summed E-state index contributed by atoms with van der Waals surface area (Å²) in [6.07, 6.45) is -4.38. The fourth-order valence-electron chi connectivity index (χ4n) is 2.45. The summed E-state index contributed by atoms with van der Waals surface area (Å²) in [7, 11) is 0. The Morgan fingerprint density at radius 3 is 2.42 bits per heavy atom. The van der Waals surface area contributed by atoms with Crippen LogP contribution in [0.1, 0.15) is 27.3 Å². The zero-order valence-electron chi connectivity index (χ0n) is 13.3. The number of ether oxygens (including phenoxy) is 1. The third kappa shape index (κ3) is 3.76. The molecule has 0 atom stereocenters. The molecule has 3 rings (SSSR count). The molecule has 6 heteroatoms. The van der Waals surface area contributed by atoms with Crippen molar-refractivity contribution in [3.8, 4) is 0 Å². The van der Waals surface area contributed by atoms with E-state index in [9.17, 15) is 13.2 Å². The van der Waals surface area contributed by atoms with Crippen LogP contribution < -0.4 is 0 Å². The lowest BCUT2D eigenvalue weighted by Crippen LogP contribution is -2.06. The molecule has 0 aliphatic rings. The predicted octanol–water partition coefficient (Wildman–Crippen LogP) is 5.65. The number of benzene rings is 2. The Balaban J connectivity index is 1.83. The monoisotopic (exact) mass is 351 g/mol. The van der Waals surface area contributed by atoms with Crippen molar-refractivity contribution in [2.75, 3.05) is 0 Å². The van der Waals surface area contributed by atoms with E-state index in [1.165, 1.54) is 11.3 Å². The topological polar surface area (TPSA) is 22.1 Å². The van der Waals surface area contributed by atoms with Gasteiger partial charge in [0.1, 0.15) is 0 Å². The number of nitrogens with zero attached hydrogens (tertiary/aromatic N) is 1. The van der Waals surface area contributed by atoms with Gasteiger partial charge in [-0.15, -0.1) is 11.3 Å². The molecule has 0 amide bonds. The van der Waals surface area contributed by atoms with Gasteiger partial charge in [0.05, 0.1) is 34.0 Å². The Morgan fingerprint density at radius 2 is 1.75 bits per heavy atom. The highest BCUT2D eigenvalue weighted by atomic mass is 32.1. The van der Waals surface area contributed by atoms with E-state index in [1.54, 1.807) is 6.92 Å². The molecule has 24 heavy (non-hydrogen) atoms. The summed E-state index contributed by atoms with van der Waals surface area (Å²) in [6.45, 7) is 4.22. The summed E-state index contributed by atoms with van der Waals surface area (Å²) >= 11 is 1.26. The SMILES string of the molecule is Cc1ccc(COCc2cc(C(F)(F)F)cc3sc(C)nc23)cc1. The number of aromatic nitrogens is 1. The molecule has 0 saturated carbocycles. The number of fused-ring (bicyclic) bond motifs is 1. The first-order valence-electron chi connectivity index (χ1n) is 7.43. The van der Waals surface area contributed by atoms with Crippen molar-refractivity contribution >= 4 is 21.6 Å². The highest BCUT2D eigenvalue weighted by molar-refractivity contribution is 7.18. The maximum Gasteiger partial charge on any atom is 0.416 e. The van der Waals surface area contributed by atoms with Gasteiger partial charge in [-0.25, -0.2) is 4.98 Å². The average Bonchev–Trinajstić information content (AvgIpc) is 2.88. The molecular weight excluding hydrogens is 335 g/mol. The van der Waals surface area contributed by atoms with E-state index in [1.807, 2.05) is 31.2 Å². The third-order valence-corrected chi connectivity index (χ3v) is 4.57. The Labute approximate surface area is 141 Å². The molecule has 1 heterocycles. The van der Waals surface area contributed by atoms with Crippen molar-refractivity contribution in [3.63, 3.8) is 0 Å². The Kier molecular flexibility index (Phi) is 4.60. The molecule has 1 aromatic heterocycles. The summed E-state index contributed by atoms with van der Waals surface area (Å²) in [6, 6.07) is 10.1. The van der Waals surface area contributed by atoms with E-state index < -0.39 is 11.7 Å². The number of hydrogen-bond acceptors (Lipinski definition) is 3. The van der Waals surface area contributed by atoms with Crippen LogP contribution in [0.5, 0.6) is 0 Å². The summed E-state index contributed by atoms with van der Waals surface area (Å²) in [4.78, 5) is 4.34. The van der Waals surface area contributed by atoms with Gasteiger partial charge in [-0.2, -0.15) is 13.2 Å². The Hall–Kier alpha value is -1.92. The summed E-state index contributed by atoms with van der Waals surface area (Å²) < 4.78 is 45.4. The van der Waals surface area contributed by atoms with Crippen molar-refractivity contribution < 1.29 is 17.9 Å². The normalized spacial score (nSPS) is 12.0. The van der Waals surface area contributed by atoms with Crippen LogP contribution in [0.4, 0.5) is 13.2 Å². The third-order valence-electron chi connectivity index (χ3n) is 3.66. The second-order valence-corrected chi connectivity index (χ2v) is 6.93. The molecular formula is C18H16F3NOS. The standard InChI is InChI=1S/C18H16F3NOS/c1-11-3-5-13(6-4-11)9-23-10-14-7-15(18(19,20)21)8-16-17(14)22-12(2)24-16/h3-8H,9-10H2,1-2H3. The first kappa shape index (κ1) is 16.9. The van der Waals surface area contributed by atoms with Crippen LogP contribution in [0.3, 0.4) is 0 Å². The summed E-state index contributed by atoms with van der Waals surface area (Å²) in [5.74, 6) is 0. The molecule has 2 nitrogen and oxygen atoms in total. The molecule has 0 aliphatic carbocycles. The van der Waals surface area contributed by atoms with Crippen molar-refractivity contribution in [1.82, 2.24) is 4.98 Å². The zero-order valence-corrected chi connectivity index (χ0v) is 14.1. The maximum atomic E-state index is 13.1. The van der Waals surface area contributed by atoms with Gasteiger partial charge in [-0.3, -0.25) is 0 Å². The Morgan fingerprint density at radius 1 is 1.04 bits per heavy atom. The quantitative estimate of drug-likeness (QED) is 0.606. The number of alkyl halides is 3. The maximum absolute atomic E-state index is 13.1. The van der Waals surface area contributed by atoms with Gasteiger partial charge >= 0.3 is 6.18 Å². The number of halogens is 3. The van der Waals surface area contributed by atoms with E-state index in [4.69, 9.17) is 4.74 Å². The summed E-state index contributed by atoms with van der Waals surface area (Å²) in [5.41, 5.74) is 2.54. The minimum atomic E-state index is -4.38. The number of hydrogen-bond donors (Lipinski definition) is 0. The van der Waals surface area contributed by atoms with E-state index >= 15 is 0 Å². The second kappa shape index (κ2) is 6.53. The molecule has 3 aromatic rings. The lowest BCUT2D eigenvalue weighted by Gasteiger charge is -2.10. The molecule has 0 radical (unpaired) electrons.